The van der Waals surface area contributed by atoms with E-state index in [2.05, 4.69) is 31.0 Å². The fourth-order valence-corrected chi connectivity index (χ4v) is 4.25. The fourth-order valence-electron chi connectivity index (χ4n) is 4.25. The average molecular weight is 462 g/mol. The predicted octanol–water partition coefficient (Wildman–Crippen LogP) is 1.91. The maximum atomic E-state index is 13.5. The monoisotopic (exact) mass is 462 g/mol. The van der Waals surface area contributed by atoms with Gasteiger partial charge in [0.25, 0.3) is 0 Å². The molecule has 1 saturated heterocycles. The van der Waals surface area contributed by atoms with Crippen LogP contribution < -0.4 is 5.43 Å². The lowest BCUT2D eigenvalue weighted by Gasteiger charge is -2.31. The topological polar surface area (TPSA) is 122 Å². The number of nitrogens with zero attached hydrogens (tertiary/aromatic N) is 6. The van der Waals surface area contributed by atoms with Crippen molar-refractivity contribution >= 4 is 22.7 Å². The van der Waals surface area contributed by atoms with Gasteiger partial charge in [-0.3, -0.25) is 15.0 Å². The lowest BCUT2D eigenvalue weighted by atomic mass is 9.92. The number of Topliss-reactive ketones (excluding diaryl/α,β-unsaturated/α-hetero) is 1. The molecule has 1 aliphatic heterocycles. The van der Waals surface area contributed by atoms with Crippen molar-refractivity contribution in [2.24, 2.45) is 5.92 Å². The number of aromatic amines is 1. The van der Waals surface area contributed by atoms with Crippen LogP contribution in [0.3, 0.4) is 0 Å². The van der Waals surface area contributed by atoms with Crippen LogP contribution in [0.25, 0.3) is 11.0 Å². The summed E-state index contributed by atoms with van der Waals surface area (Å²) in [7, 11) is 0. The Bertz CT molecular complexity index is 1290. The Labute approximate surface area is 194 Å². The lowest BCUT2D eigenvalue weighted by molar-refractivity contribution is -0.125. The number of benzene rings is 2. The Balaban J connectivity index is 1.28. The number of halogens is 1. The molecule has 0 aliphatic carbocycles. The van der Waals surface area contributed by atoms with E-state index in [9.17, 15) is 14.0 Å². The van der Waals surface area contributed by atoms with Crippen LogP contribution in [0.1, 0.15) is 34.8 Å². The molecule has 10 nitrogen and oxygen atoms in total. The molecule has 2 aromatic heterocycles. The number of hydrogen-bond donors (Lipinski definition) is 2. The van der Waals surface area contributed by atoms with Crippen molar-refractivity contribution in [1.82, 2.24) is 40.6 Å². The minimum Gasteiger partial charge on any atom is -0.317 e. The summed E-state index contributed by atoms with van der Waals surface area (Å²) in [5.74, 6) is -0.0167. The molecule has 2 N–H and O–H groups in total. The second-order valence-electron chi connectivity index (χ2n) is 8.30. The van der Waals surface area contributed by atoms with Gasteiger partial charge in [-0.1, -0.05) is 29.5 Å². The Kier molecular flexibility index (Phi) is 6.09. The summed E-state index contributed by atoms with van der Waals surface area (Å²) in [6.07, 6.45) is 1.23. The molecule has 1 fully saturated rings. The SMILES string of the molecule is O=C(Cc1nn[nH]n1)NN1CCC(C(=O)c2nc3ccccc3n2Cc2ccc(F)cc2)CC1. The van der Waals surface area contributed by atoms with Crippen molar-refractivity contribution in [2.75, 3.05) is 13.1 Å². The van der Waals surface area contributed by atoms with Crippen molar-refractivity contribution in [3.63, 3.8) is 0 Å². The normalized spacial score (nSPS) is 15.0. The number of carbonyl (C=O) groups excluding carboxylic acids is 2. The summed E-state index contributed by atoms with van der Waals surface area (Å²) in [6, 6.07) is 13.9. The quantitative estimate of drug-likeness (QED) is 0.402. The number of hydrazine groups is 1. The molecule has 0 radical (unpaired) electrons. The highest BCUT2D eigenvalue weighted by atomic mass is 19.1. The molecule has 1 amide bonds. The summed E-state index contributed by atoms with van der Waals surface area (Å²) in [6.45, 7) is 1.52. The highest BCUT2D eigenvalue weighted by Gasteiger charge is 2.30. The fraction of sp³-hybridized carbons (Fsp3) is 0.304. The number of carbonyl (C=O) groups is 2. The number of para-hydroxylation sites is 2. The number of imidazole rings is 1. The standard InChI is InChI=1S/C23H23FN8O2/c24-17-7-5-15(6-8-17)14-32-19-4-2-1-3-18(19)25-23(32)22(34)16-9-11-31(12-10-16)28-21(33)13-20-26-29-30-27-20/h1-8,16H,9-14H2,(H,28,33)(H,26,27,29,30). The van der Waals surface area contributed by atoms with Gasteiger partial charge < -0.3 is 4.57 Å². The van der Waals surface area contributed by atoms with Gasteiger partial charge in [0.05, 0.1) is 17.5 Å². The molecule has 11 heteroatoms. The van der Waals surface area contributed by atoms with E-state index in [0.29, 0.717) is 44.1 Å². The van der Waals surface area contributed by atoms with Gasteiger partial charge in [0.1, 0.15) is 5.82 Å². The first-order valence-corrected chi connectivity index (χ1v) is 11.1. The largest absolute Gasteiger partial charge is 0.317 e. The van der Waals surface area contributed by atoms with Crippen molar-refractivity contribution in [3.8, 4) is 0 Å². The number of rotatable bonds is 7. The lowest BCUT2D eigenvalue weighted by Crippen LogP contribution is -2.48. The molecule has 0 spiro atoms. The summed E-state index contributed by atoms with van der Waals surface area (Å²) in [4.78, 5) is 30.3. The molecule has 0 saturated carbocycles. The minimum absolute atomic E-state index is 0.0175. The minimum atomic E-state index is -0.299. The third-order valence-corrected chi connectivity index (χ3v) is 5.99. The third kappa shape index (κ3) is 4.69. The number of nitrogens with one attached hydrogen (secondary N) is 2. The van der Waals surface area contributed by atoms with Crippen LogP contribution in [-0.4, -0.2) is 60.0 Å². The highest BCUT2D eigenvalue weighted by Crippen LogP contribution is 2.25. The van der Waals surface area contributed by atoms with E-state index in [0.717, 1.165) is 16.6 Å². The van der Waals surface area contributed by atoms with Crippen LogP contribution in [0, 0.1) is 11.7 Å². The number of tetrazole rings is 1. The van der Waals surface area contributed by atoms with E-state index in [1.165, 1.54) is 12.1 Å². The number of piperidine rings is 1. The van der Waals surface area contributed by atoms with E-state index in [-0.39, 0.29) is 29.8 Å². The number of amides is 1. The van der Waals surface area contributed by atoms with Gasteiger partial charge in [-0.05, 0) is 42.7 Å². The van der Waals surface area contributed by atoms with Gasteiger partial charge >= 0.3 is 0 Å². The summed E-state index contributed by atoms with van der Waals surface area (Å²) >= 11 is 0. The summed E-state index contributed by atoms with van der Waals surface area (Å²) < 4.78 is 15.3. The zero-order chi connectivity index (χ0) is 23.5. The van der Waals surface area contributed by atoms with Crippen LogP contribution >= 0.6 is 0 Å². The Morgan fingerprint density at radius 1 is 1.09 bits per heavy atom. The number of H-pyrrole nitrogens is 1. The Morgan fingerprint density at radius 3 is 2.59 bits per heavy atom. The second kappa shape index (κ2) is 9.48. The molecule has 4 aromatic rings. The van der Waals surface area contributed by atoms with Crippen molar-refractivity contribution < 1.29 is 14.0 Å². The van der Waals surface area contributed by atoms with E-state index < -0.39 is 0 Å². The van der Waals surface area contributed by atoms with Gasteiger partial charge in [-0.2, -0.15) is 5.21 Å². The zero-order valence-corrected chi connectivity index (χ0v) is 18.3. The van der Waals surface area contributed by atoms with E-state index >= 15 is 0 Å². The number of hydrogen-bond acceptors (Lipinski definition) is 7. The maximum Gasteiger partial charge on any atom is 0.242 e. The summed E-state index contributed by atoms with van der Waals surface area (Å²) in [5.41, 5.74) is 5.33. The molecule has 2 aromatic carbocycles. The van der Waals surface area contributed by atoms with E-state index in [1.54, 1.807) is 12.1 Å². The number of fused-ring (bicyclic) bond motifs is 1. The van der Waals surface area contributed by atoms with Crippen molar-refractivity contribution in [2.45, 2.75) is 25.8 Å². The molecule has 3 heterocycles. The molecule has 0 unspecified atom stereocenters. The van der Waals surface area contributed by atoms with Crippen LogP contribution in [0.15, 0.2) is 48.5 Å². The first-order chi connectivity index (χ1) is 16.6. The summed E-state index contributed by atoms with van der Waals surface area (Å²) in [5, 5.41) is 15.1. The van der Waals surface area contributed by atoms with Gasteiger partial charge in [0, 0.05) is 25.6 Å². The Morgan fingerprint density at radius 2 is 1.85 bits per heavy atom. The van der Waals surface area contributed by atoms with Crippen molar-refractivity contribution in [3.05, 3.63) is 71.6 Å². The van der Waals surface area contributed by atoms with Crippen molar-refractivity contribution in [1.29, 1.82) is 0 Å². The van der Waals surface area contributed by atoms with Crippen LogP contribution in [0.2, 0.25) is 0 Å². The number of aromatic nitrogens is 6. The van der Waals surface area contributed by atoms with Crippen LogP contribution in [0.4, 0.5) is 4.39 Å². The molecule has 1 aliphatic rings. The van der Waals surface area contributed by atoms with Gasteiger partial charge in [-0.25, -0.2) is 14.4 Å². The van der Waals surface area contributed by atoms with Crippen LogP contribution in [0.5, 0.6) is 0 Å². The molecule has 34 heavy (non-hydrogen) atoms. The smallest absolute Gasteiger partial charge is 0.242 e. The molecular formula is C23H23FN8O2. The van der Waals surface area contributed by atoms with Gasteiger partial charge in [0.2, 0.25) is 11.7 Å². The molecule has 174 valence electrons. The average Bonchev–Trinajstić information content (AvgIpc) is 3.48. The first-order valence-electron chi connectivity index (χ1n) is 11.1. The Hall–Kier alpha value is -3.99. The van der Waals surface area contributed by atoms with Gasteiger partial charge in [0.15, 0.2) is 11.6 Å². The second-order valence-corrected chi connectivity index (χ2v) is 8.30. The van der Waals surface area contributed by atoms with E-state index in [4.69, 9.17) is 0 Å². The number of ketones is 1. The van der Waals surface area contributed by atoms with E-state index in [1.807, 2.05) is 33.8 Å². The van der Waals surface area contributed by atoms with Crippen LogP contribution in [-0.2, 0) is 17.8 Å². The third-order valence-electron chi connectivity index (χ3n) is 5.99. The molecule has 0 atom stereocenters. The predicted molar refractivity (Wildman–Crippen MR) is 120 cm³/mol. The molecule has 0 bridgehead atoms. The maximum absolute atomic E-state index is 13.5. The zero-order valence-electron chi connectivity index (χ0n) is 18.3. The first kappa shape index (κ1) is 21.8. The van der Waals surface area contributed by atoms with Gasteiger partial charge in [-0.15, -0.1) is 10.2 Å². The molecular weight excluding hydrogens is 439 g/mol. The highest BCUT2D eigenvalue weighted by molar-refractivity contribution is 5.98. The molecule has 5 rings (SSSR count).